The second-order valence-corrected chi connectivity index (χ2v) is 5.25. The number of benzene rings is 1. The van der Waals surface area contributed by atoms with Crippen molar-refractivity contribution in [1.82, 2.24) is 0 Å². The third-order valence-electron chi connectivity index (χ3n) is 2.98. The van der Waals surface area contributed by atoms with E-state index in [4.69, 9.17) is 9.47 Å². The highest BCUT2D eigenvalue weighted by Gasteiger charge is 2.14. The first-order chi connectivity index (χ1) is 8.74. The minimum atomic E-state index is 0.366. The van der Waals surface area contributed by atoms with Gasteiger partial charge in [0.05, 0.1) is 12.7 Å². The molecule has 1 fully saturated rings. The average molecular weight is 249 g/mol. The maximum Gasteiger partial charge on any atom is 0.121 e. The van der Waals surface area contributed by atoms with E-state index in [1.165, 1.54) is 6.42 Å². The van der Waals surface area contributed by atoms with Crippen molar-refractivity contribution in [2.24, 2.45) is 5.92 Å². The fourth-order valence-corrected chi connectivity index (χ4v) is 2.00. The number of hydrogen-bond donors (Lipinski definition) is 1. The Bertz CT molecular complexity index is 359. The molecule has 0 aromatic heterocycles. The predicted octanol–water partition coefficient (Wildman–Crippen LogP) is 3.31. The zero-order valence-corrected chi connectivity index (χ0v) is 11.3. The van der Waals surface area contributed by atoms with Gasteiger partial charge in [-0.3, -0.25) is 0 Å². The molecule has 1 N–H and O–H groups in total. The zero-order valence-electron chi connectivity index (χ0n) is 11.3. The Morgan fingerprint density at radius 2 is 2.33 bits per heavy atom. The second-order valence-electron chi connectivity index (χ2n) is 5.25. The smallest absolute Gasteiger partial charge is 0.121 e. The molecule has 1 aromatic carbocycles. The van der Waals surface area contributed by atoms with Crippen LogP contribution in [0.5, 0.6) is 5.75 Å². The van der Waals surface area contributed by atoms with E-state index in [-0.39, 0.29) is 0 Å². The summed E-state index contributed by atoms with van der Waals surface area (Å²) in [5.41, 5.74) is 1.10. The van der Waals surface area contributed by atoms with E-state index in [9.17, 15) is 0 Å². The second kappa shape index (κ2) is 6.64. The van der Waals surface area contributed by atoms with Crippen molar-refractivity contribution in [3.8, 4) is 5.75 Å². The first kappa shape index (κ1) is 13.2. The molecule has 18 heavy (non-hydrogen) atoms. The van der Waals surface area contributed by atoms with Gasteiger partial charge in [-0.15, -0.1) is 0 Å². The molecular formula is C15H23NO2. The van der Waals surface area contributed by atoms with E-state index < -0.39 is 0 Å². The quantitative estimate of drug-likeness (QED) is 0.839. The minimum Gasteiger partial charge on any atom is -0.493 e. The number of rotatable bonds is 6. The summed E-state index contributed by atoms with van der Waals surface area (Å²) in [4.78, 5) is 0. The van der Waals surface area contributed by atoms with Gasteiger partial charge in [0.25, 0.3) is 0 Å². The maximum atomic E-state index is 5.71. The van der Waals surface area contributed by atoms with Crippen LogP contribution in [0.1, 0.15) is 26.7 Å². The van der Waals surface area contributed by atoms with Crippen molar-refractivity contribution in [3.05, 3.63) is 24.3 Å². The van der Waals surface area contributed by atoms with Crippen LogP contribution in [0.15, 0.2) is 24.3 Å². The third kappa shape index (κ3) is 4.22. The first-order valence-electron chi connectivity index (χ1n) is 6.82. The van der Waals surface area contributed by atoms with Crippen LogP contribution in [0, 0.1) is 5.92 Å². The SMILES string of the molecule is CC(C)COc1cccc(NCC2CCCO2)c1. The van der Waals surface area contributed by atoms with Crippen LogP contribution in [-0.2, 0) is 4.74 Å². The van der Waals surface area contributed by atoms with Crippen molar-refractivity contribution >= 4 is 5.69 Å². The summed E-state index contributed by atoms with van der Waals surface area (Å²) in [5, 5.41) is 3.41. The monoisotopic (exact) mass is 249 g/mol. The number of hydrogen-bond acceptors (Lipinski definition) is 3. The van der Waals surface area contributed by atoms with E-state index in [1.807, 2.05) is 12.1 Å². The Morgan fingerprint density at radius 1 is 1.44 bits per heavy atom. The molecule has 2 rings (SSSR count). The summed E-state index contributed by atoms with van der Waals surface area (Å²) in [5.74, 6) is 1.48. The lowest BCUT2D eigenvalue weighted by atomic mass is 10.2. The number of nitrogens with one attached hydrogen (secondary N) is 1. The largest absolute Gasteiger partial charge is 0.493 e. The van der Waals surface area contributed by atoms with Crippen LogP contribution in [0.2, 0.25) is 0 Å². The van der Waals surface area contributed by atoms with Gasteiger partial charge in [-0.1, -0.05) is 19.9 Å². The van der Waals surface area contributed by atoms with Gasteiger partial charge >= 0.3 is 0 Å². The van der Waals surface area contributed by atoms with Crippen molar-refractivity contribution in [1.29, 1.82) is 0 Å². The lowest BCUT2D eigenvalue weighted by molar-refractivity contribution is 0.120. The summed E-state index contributed by atoms with van der Waals surface area (Å²) >= 11 is 0. The highest BCUT2D eigenvalue weighted by molar-refractivity contribution is 5.48. The summed E-state index contributed by atoms with van der Waals surface area (Å²) in [6, 6.07) is 8.14. The van der Waals surface area contributed by atoms with Gasteiger partial charge in [0.1, 0.15) is 5.75 Å². The normalized spacial score (nSPS) is 19.2. The van der Waals surface area contributed by atoms with Gasteiger partial charge in [-0.25, -0.2) is 0 Å². The van der Waals surface area contributed by atoms with E-state index in [2.05, 4.69) is 31.3 Å². The van der Waals surface area contributed by atoms with Crippen LogP contribution in [0.4, 0.5) is 5.69 Å². The van der Waals surface area contributed by atoms with Crippen molar-refractivity contribution in [2.75, 3.05) is 25.1 Å². The molecule has 1 heterocycles. The fourth-order valence-electron chi connectivity index (χ4n) is 2.00. The van der Waals surface area contributed by atoms with Crippen molar-refractivity contribution in [2.45, 2.75) is 32.8 Å². The summed E-state index contributed by atoms with van der Waals surface area (Å²) in [6.45, 7) is 6.85. The Labute approximate surface area is 109 Å². The summed E-state index contributed by atoms with van der Waals surface area (Å²) in [7, 11) is 0. The van der Waals surface area contributed by atoms with E-state index in [0.29, 0.717) is 12.0 Å². The molecule has 0 bridgehead atoms. The first-order valence-corrected chi connectivity index (χ1v) is 6.82. The summed E-state index contributed by atoms with van der Waals surface area (Å²) in [6.07, 6.45) is 2.71. The van der Waals surface area contributed by atoms with Crippen LogP contribution in [0.25, 0.3) is 0 Å². The Balaban J connectivity index is 1.82. The van der Waals surface area contributed by atoms with Gasteiger partial charge in [0, 0.05) is 24.9 Å². The molecule has 0 amide bonds. The molecule has 0 spiro atoms. The number of ether oxygens (including phenoxy) is 2. The zero-order chi connectivity index (χ0) is 12.8. The lowest BCUT2D eigenvalue weighted by Crippen LogP contribution is -2.18. The molecule has 0 saturated carbocycles. The number of anilines is 1. The van der Waals surface area contributed by atoms with Crippen LogP contribution in [-0.4, -0.2) is 25.9 Å². The topological polar surface area (TPSA) is 30.5 Å². The van der Waals surface area contributed by atoms with Gasteiger partial charge in [-0.05, 0) is 30.9 Å². The Hall–Kier alpha value is -1.22. The standard InChI is InChI=1S/C15H23NO2/c1-12(2)11-18-14-6-3-5-13(9-14)16-10-15-7-4-8-17-15/h3,5-6,9,12,15-16H,4,7-8,10-11H2,1-2H3. The summed E-state index contributed by atoms with van der Waals surface area (Å²) < 4.78 is 11.3. The molecule has 100 valence electrons. The Kier molecular flexibility index (Phi) is 4.88. The molecule has 1 aliphatic heterocycles. The van der Waals surface area contributed by atoms with E-state index in [0.717, 1.165) is 37.6 Å². The van der Waals surface area contributed by atoms with Crippen LogP contribution < -0.4 is 10.1 Å². The van der Waals surface area contributed by atoms with Gasteiger partial charge in [-0.2, -0.15) is 0 Å². The molecule has 3 heteroatoms. The average Bonchev–Trinajstić information content (AvgIpc) is 2.87. The maximum absolute atomic E-state index is 5.71. The minimum absolute atomic E-state index is 0.366. The molecule has 1 unspecified atom stereocenters. The lowest BCUT2D eigenvalue weighted by Gasteiger charge is -2.13. The van der Waals surface area contributed by atoms with Crippen molar-refractivity contribution < 1.29 is 9.47 Å². The Morgan fingerprint density at radius 3 is 3.06 bits per heavy atom. The highest BCUT2D eigenvalue weighted by Crippen LogP contribution is 2.19. The fraction of sp³-hybridized carbons (Fsp3) is 0.600. The molecule has 3 nitrogen and oxygen atoms in total. The van der Waals surface area contributed by atoms with Gasteiger partial charge < -0.3 is 14.8 Å². The predicted molar refractivity (Wildman–Crippen MR) is 74.2 cm³/mol. The van der Waals surface area contributed by atoms with E-state index in [1.54, 1.807) is 0 Å². The molecule has 1 aliphatic rings. The molecule has 1 atom stereocenters. The van der Waals surface area contributed by atoms with E-state index >= 15 is 0 Å². The third-order valence-corrected chi connectivity index (χ3v) is 2.98. The molecule has 1 aromatic rings. The van der Waals surface area contributed by atoms with Crippen LogP contribution >= 0.6 is 0 Å². The van der Waals surface area contributed by atoms with Crippen molar-refractivity contribution in [3.63, 3.8) is 0 Å². The molecule has 0 aliphatic carbocycles. The molecular weight excluding hydrogens is 226 g/mol. The van der Waals surface area contributed by atoms with Gasteiger partial charge in [0.2, 0.25) is 0 Å². The highest BCUT2D eigenvalue weighted by atomic mass is 16.5. The molecule has 1 saturated heterocycles. The molecule has 0 radical (unpaired) electrons. The van der Waals surface area contributed by atoms with Gasteiger partial charge in [0.15, 0.2) is 0 Å². The van der Waals surface area contributed by atoms with Crippen LogP contribution in [0.3, 0.4) is 0 Å².